The van der Waals surface area contributed by atoms with Gasteiger partial charge in [0.25, 0.3) is 0 Å². The van der Waals surface area contributed by atoms with Crippen LogP contribution in [0, 0.1) is 6.92 Å². The van der Waals surface area contributed by atoms with Gasteiger partial charge in [0.1, 0.15) is 0 Å². The van der Waals surface area contributed by atoms with Crippen LogP contribution < -0.4 is 10.0 Å². The Morgan fingerprint density at radius 1 is 1.44 bits per heavy atom. The molecule has 0 atom stereocenters. The van der Waals surface area contributed by atoms with E-state index in [0.29, 0.717) is 37.5 Å². The first-order chi connectivity index (χ1) is 8.58. The van der Waals surface area contributed by atoms with Crippen molar-refractivity contribution in [3.63, 3.8) is 0 Å². The summed E-state index contributed by atoms with van der Waals surface area (Å²) in [4.78, 5) is 4.02. The minimum Gasteiger partial charge on any atom is -0.339 e. The van der Waals surface area contributed by atoms with E-state index in [0.717, 1.165) is 13.1 Å². The van der Waals surface area contributed by atoms with Crippen LogP contribution in [0.15, 0.2) is 4.52 Å². The SMILES string of the molecule is Cc1noc(CCNS(=O)(=O)C2CCNCC2)n1. The van der Waals surface area contributed by atoms with Gasteiger partial charge in [-0.15, -0.1) is 0 Å². The Bertz CT molecular complexity index is 479. The molecule has 0 saturated carbocycles. The van der Waals surface area contributed by atoms with Gasteiger partial charge in [-0.2, -0.15) is 4.98 Å². The summed E-state index contributed by atoms with van der Waals surface area (Å²) in [6.07, 6.45) is 1.75. The lowest BCUT2D eigenvalue weighted by Gasteiger charge is -2.22. The third-order valence-electron chi connectivity index (χ3n) is 2.94. The average molecular weight is 274 g/mol. The summed E-state index contributed by atoms with van der Waals surface area (Å²) < 4.78 is 31.5. The van der Waals surface area contributed by atoms with Crippen LogP contribution in [0.25, 0.3) is 0 Å². The fraction of sp³-hybridized carbons (Fsp3) is 0.800. The lowest BCUT2D eigenvalue weighted by atomic mass is 10.2. The molecular weight excluding hydrogens is 256 g/mol. The molecule has 18 heavy (non-hydrogen) atoms. The number of rotatable bonds is 5. The molecule has 1 fully saturated rings. The van der Waals surface area contributed by atoms with E-state index in [1.807, 2.05) is 0 Å². The number of aryl methyl sites for hydroxylation is 1. The van der Waals surface area contributed by atoms with Gasteiger partial charge < -0.3 is 9.84 Å². The maximum atomic E-state index is 12.0. The van der Waals surface area contributed by atoms with Gasteiger partial charge in [0.05, 0.1) is 5.25 Å². The van der Waals surface area contributed by atoms with Crippen molar-refractivity contribution in [2.45, 2.75) is 31.4 Å². The number of nitrogens with one attached hydrogen (secondary N) is 2. The highest BCUT2D eigenvalue weighted by molar-refractivity contribution is 7.90. The molecular formula is C10H18N4O3S. The minimum atomic E-state index is -3.23. The van der Waals surface area contributed by atoms with E-state index < -0.39 is 10.0 Å². The zero-order chi connectivity index (χ0) is 13.0. The second-order valence-corrected chi connectivity index (χ2v) is 6.42. The van der Waals surface area contributed by atoms with Crippen molar-refractivity contribution in [3.05, 3.63) is 11.7 Å². The Balaban J connectivity index is 1.81. The van der Waals surface area contributed by atoms with Crippen LogP contribution in [0.1, 0.15) is 24.6 Å². The molecule has 1 aliphatic heterocycles. The maximum absolute atomic E-state index is 12.0. The normalized spacial score (nSPS) is 18.1. The van der Waals surface area contributed by atoms with Crippen molar-refractivity contribution in [3.8, 4) is 0 Å². The molecule has 8 heteroatoms. The van der Waals surface area contributed by atoms with Crippen molar-refractivity contribution in [1.29, 1.82) is 0 Å². The van der Waals surface area contributed by atoms with Gasteiger partial charge >= 0.3 is 0 Å². The molecule has 0 bridgehead atoms. The first-order valence-corrected chi connectivity index (χ1v) is 7.61. The number of sulfonamides is 1. The van der Waals surface area contributed by atoms with E-state index in [1.165, 1.54) is 0 Å². The van der Waals surface area contributed by atoms with Gasteiger partial charge in [0.2, 0.25) is 15.9 Å². The predicted molar refractivity (Wildman–Crippen MR) is 65.6 cm³/mol. The number of aromatic nitrogens is 2. The average Bonchev–Trinajstić information content (AvgIpc) is 2.76. The van der Waals surface area contributed by atoms with Crippen molar-refractivity contribution < 1.29 is 12.9 Å². The van der Waals surface area contributed by atoms with E-state index in [9.17, 15) is 8.42 Å². The molecule has 0 unspecified atom stereocenters. The molecule has 1 aromatic heterocycles. The van der Waals surface area contributed by atoms with Crippen LogP contribution in [-0.4, -0.2) is 43.4 Å². The Morgan fingerprint density at radius 3 is 2.78 bits per heavy atom. The minimum absolute atomic E-state index is 0.289. The topological polar surface area (TPSA) is 97.1 Å². The Morgan fingerprint density at radius 2 is 2.17 bits per heavy atom. The zero-order valence-corrected chi connectivity index (χ0v) is 11.2. The van der Waals surface area contributed by atoms with Gasteiger partial charge in [0, 0.05) is 13.0 Å². The van der Waals surface area contributed by atoms with Crippen LogP contribution in [0.2, 0.25) is 0 Å². The van der Waals surface area contributed by atoms with Gasteiger partial charge in [-0.3, -0.25) is 0 Å². The summed E-state index contributed by atoms with van der Waals surface area (Å²) in [5.41, 5.74) is 0. The standard InChI is InChI=1S/C10H18N4O3S/c1-8-13-10(17-14-8)4-7-12-18(15,16)9-2-5-11-6-3-9/h9,11-12H,2-7H2,1H3. The Labute approximate surface area is 106 Å². The van der Waals surface area contributed by atoms with E-state index in [1.54, 1.807) is 6.92 Å². The van der Waals surface area contributed by atoms with Crippen molar-refractivity contribution in [2.24, 2.45) is 0 Å². The molecule has 1 aromatic rings. The molecule has 7 nitrogen and oxygen atoms in total. The first kappa shape index (κ1) is 13.4. The van der Waals surface area contributed by atoms with Crippen LogP contribution in [-0.2, 0) is 16.4 Å². The monoisotopic (exact) mass is 274 g/mol. The molecule has 2 N–H and O–H groups in total. The maximum Gasteiger partial charge on any atom is 0.227 e. The third-order valence-corrected chi connectivity index (χ3v) is 4.89. The van der Waals surface area contributed by atoms with E-state index >= 15 is 0 Å². The predicted octanol–water partition coefficient (Wildman–Crippen LogP) is -0.408. The molecule has 2 heterocycles. The highest BCUT2D eigenvalue weighted by Crippen LogP contribution is 2.11. The van der Waals surface area contributed by atoms with Crippen molar-refractivity contribution in [1.82, 2.24) is 20.2 Å². The first-order valence-electron chi connectivity index (χ1n) is 6.06. The summed E-state index contributed by atoms with van der Waals surface area (Å²) in [5.74, 6) is 1.02. The van der Waals surface area contributed by atoms with E-state index in [4.69, 9.17) is 4.52 Å². The summed E-state index contributed by atoms with van der Waals surface area (Å²) in [6, 6.07) is 0. The Hall–Kier alpha value is -0.990. The number of piperidine rings is 1. The Kier molecular flexibility index (Phi) is 4.31. The molecule has 0 spiro atoms. The number of hydrogen-bond acceptors (Lipinski definition) is 6. The van der Waals surface area contributed by atoms with Crippen LogP contribution in [0.5, 0.6) is 0 Å². The summed E-state index contributed by atoms with van der Waals surface area (Å²) in [5, 5.41) is 6.51. The zero-order valence-electron chi connectivity index (χ0n) is 10.3. The second kappa shape index (κ2) is 5.77. The van der Waals surface area contributed by atoms with E-state index in [2.05, 4.69) is 20.2 Å². The molecule has 1 aliphatic rings. The number of nitrogens with zero attached hydrogens (tertiary/aromatic N) is 2. The van der Waals surface area contributed by atoms with Gasteiger partial charge in [-0.05, 0) is 32.9 Å². The van der Waals surface area contributed by atoms with Crippen LogP contribution >= 0.6 is 0 Å². The van der Waals surface area contributed by atoms with Gasteiger partial charge in [-0.1, -0.05) is 5.16 Å². The molecule has 0 radical (unpaired) electrons. The van der Waals surface area contributed by atoms with Crippen LogP contribution in [0.4, 0.5) is 0 Å². The fourth-order valence-corrected chi connectivity index (χ4v) is 3.44. The summed E-state index contributed by atoms with van der Waals surface area (Å²) in [6.45, 7) is 3.54. The van der Waals surface area contributed by atoms with Gasteiger partial charge in [-0.25, -0.2) is 13.1 Å². The number of hydrogen-bond donors (Lipinski definition) is 2. The molecule has 1 saturated heterocycles. The van der Waals surface area contributed by atoms with Crippen molar-refractivity contribution in [2.75, 3.05) is 19.6 Å². The molecule has 0 amide bonds. The molecule has 2 rings (SSSR count). The van der Waals surface area contributed by atoms with E-state index in [-0.39, 0.29) is 5.25 Å². The highest BCUT2D eigenvalue weighted by atomic mass is 32.2. The summed E-state index contributed by atoms with van der Waals surface area (Å²) >= 11 is 0. The quantitative estimate of drug-likeness (QED) is 0.757. The molecule has 0 aromatic carbocycles. The smallest absolute Gasteiger partial charge is 0.227 e. The third kappa shape index (κ3) is 3.50. The highest BCUT2D eigenvalue weighted by Gasteiger charge is 2.26. The largest absolute Gasteiger partial charge is 0.339 e. The molecule has 0 aliphatic carbocycles. The van der Waals surface area contributed by atoms with Crippen LogP contribution in [0.3, 0.4) is 0 Å². The second-order valence-electron chi connectivity index (χ2n) is 4.37. The fourth-order valence-electron chi connectivity index (χ4n) is 1.97. The van der Waals surface area contributed by atoms with Crippen molar-refractivity contribution >= 4 is 10.0 Å². The lowest BCUT2D eigenvalue weighted by molar-refractivity contribution is 0.374. The summed E-state index contributed by atoms with van der Waals surface area (Å²) in [7, 11) is -3.23. The van der Waals surface area contributed by atoms with Gasteiger partial charge in [0.15, 0.2) is 5.82 Å². The molecule has 102 valence electrons. The lowest BCUT2D eigenvalue weighted by Crippen LogP contribution is -2.42.